The molecule has 0 saturated carbocycles. The molecule has 0 radical (unpaired) electrons. The highest BCUT2D eigenvalue weighted by Gasteiger charge is 2.25. The Morgan fingerprint density at radius 2 is 1.00 bits per heavy atom. The maximum absolute atomic E-state index is 2.40. The highest BCUT2D eigenvalue weighted by Crippen LogP contribution is 2.43. The van der Waals surface area contributed by atoms with Crippen LogP contribution in [-0.2, 0) is 6.42 Å². The Hall–Kier alpha value is -4.30. The van der Waals surface area contributed by atoms with Crippen LogP contribution < -0.4 is 9.80 Å². The first kappa shape index (κ1) is 26.0. The molecule has 0 aliphatic heterocycles. The van der Waals surface area contributed by atoms with Crippen LogP contribution in [0.1, 0.15) is 57.2 Å². The number of hydrogen-bond acceptors (Lipinski definition) is 2. The second kappa shape index (κ2) is 10.4. The number of anilines is 5. The van der Waals surface area contributed by atoms with Crippen molar-refractivity contribution in [1.29, 1.82) is 0 Å². The van der Waals surface area contributed by atoms with E-state index in [4.69, 9.17) is 0 Å². The molecule has 6 rings (SSSR count). The summed E-state index contributed by atoms with van der Waals surface area (Å²) in [7, 11) is 0. The van der Waals surface area contributed by atoms with E-state index in [1.165, 1.54) is 44.9 Å². The van der Waals surface area contributed by atoms with Gasteiger partial charge in [-0.15, -0.1) is 0 Å². The number of fused-ring (bicyclic) bond motifs is 3. The molecule has 5 aromatic carbocycles. The minimum Gasteiger partial charge on any atom is -0.336 e. The van der Waals surface area contributed by atoms with Crippen molar-refractivity contribution in [2.75, 3.05) is 9.80 Å². The number of benzene rings is 5. The van der Waals surface area contributed by atoms with Crippen molar-refractivity contribution in [1.82, 2.24) is 0 Å². The van der Waals surface area contributed by atoms with Crippen LogP contribution in [0.5, 0.6) is 0 Å². The fourth-order valence-corrected chi connectivity index (χ4v) is 5.99. The van der Waals surface area contributed by atoms with E-state index in [2.05, 4.69) is 166 Å². The molecule has 0 N–H and O–H groups in total. The number of nitrogens with zero attached hydrogens (tertiary/aromatic N) is 2. The van der Waals surface area contributed by atoms with Gasteiger partial charge in [0.15, 0.2) is 0 Å². The Labute approximate surface area is 239 Å². The van der Waals surface area contributed by atoms with Crippen LogP contribution >= 0.6 is 0 Å². The molecule has 2 heteroatoms. The Bertz CT molecular complexity index is 1610. The van der Waals surface area contributed by atoms with Gasteiger partial charge in [-0.25, -0.2) is 0 Å². The molecule has 0 aromatic heterocycles. The normalized spacial score (nSPS) is 12.2. The Morgan fingerprint density at radius 3 is 1.60 bits per heavy atom. The minimum atomic E-state index is -0.0631. The summed E-state index contributed by atoms with van der Waals surface area (Å²) in [5.74, 6) is 0.539. The first-order valence-electron chi connectivity index (χ1n) is 14.4. The lowest BCUT2D eigenvalue weighted by molar-refractivity contribution is 0.560. The van der Waals surface area contributed by atoms with Crippen LogP contribution in [0.3, 0.4) is 0 Å². The molecule has 200 valence electrons. The summed E-state index contributed by atoms with van der Waals surface area (Å²) < 4.78 is 0. The van der Waals surface area contributed by atoms with Crippen LogP contribution in [0, 0.1) is 0 Å². The highest BCUT2D eigenvalue weighted by atomic mass is 15.2. The van der Waals surface area contributed by atoms with Crippen molar-refractivity contribution in [3.63, 3.8) is 0 Å². The molecule has 1 aliphatic rings. The van der Waals surface area contributed by atoms with Crippen LogP contribution in [0.2, 0.25) is 0 Å². The molecule has 0 atom stereocenters. The summed E-state index contributed by atoms with van der Waals surface area (Å²) in [6.45, 7) is 11.3. The molecule has 0 heterocycles. The molecular weight excluding hydrogens is 484 g/mol. The summed E-state index contributed by atoms with van der Waals surface area (Å²) in [4.78, 5) is 4.78. The third-order valence-electron chi connectivity index (χ3n) is 7.88. The zero-order valence-electron chi connectivity index (χ0n) is 24.2. The van der Waals surface area contributed by atoms with Gasteiger partial charge in [0.25, 0.3) is 0 Å². The van der Waals surface area contributed by atoms with E-state index >= 15 is 0 Å². The summed E-state index contributed by atoms with van der Waals surface area (Å²) in [6, 6.07) is 44.3. The predicted molar refractivity (Wildman–Crippen MR) is 172 cm³/mol. The maximum atomic E-state index is 2.40. The molecule has 0 bridgehead atoms. The highest BCUT2D eigenvalue weighted by molar-refractivity contribution is 5.84. The maximum Gasteiger partial charge on any atom is 0.0464 e. The van der Waals surface area contributed by atoms with Crippen molar-refractivity contribution < 1.29 is 0 Å². The molecule has 5 aromatic rings. The van der Waals surface area contributed by atoms with Crippen molar-refractivity contribution in [2.24, 2.45) is 0 Å². The summed E-state index contributed by atoms with van der Waals surface area (Å²) in [6.07, 6.45) is 0.984. The van der Waals surface area contributed by atoms with Gasteiger partial charge in [-0.3, -0.25) is 0 Å². The minimum absolute atomic E-state index is 0.0631. The molecule has 40 heavy (non-hydrogen) atoms. The molecule has 1 aliphatic carbocycles. The van der Waals surface area contributed by atoms with Gasteiger partial charge < -0.3 is 9.80 Å². The average Bonchev–Trinajstić information content (AvgIpc) is 3.32. The topological polar surface area (TPSA) is 6.48 Å². The van der Waals surface area contributed by atoms with Gasteiger partial charge in [-0.1, -0.05) is 74.5 Å². The fourth-order valence-electron chi connectivity index (χ4n) is 5.99. The number of hydrogen-bond donors (Lipinski definition) is 0. The lowest BCUT2D eigenvalue weighted by Gasteiger charge is -2.38. The second-order valence-corrected chi connectivity index (χ2v) is 12.1. The molecule has 0 amide bonds. The predicted octanol–water partition coefficient (Wildman–Crippen LogP) is 10.8. The van der Waals surface area contributed by atoms with Crippen LogP contribution in [-0.4, -0.2) is 5.54 Å². The van der Waals surface area contributed by atoms with Crippen molar-refractivity contribution >= 4 is 28.4 Å². The molecule has 2 nitrogen and oxygen atoms in total. The largest absolute Gasteiger partial charge is 0.336 e. The van der Waals surface area contributed by atoms with Gasteiger partial charge in [0, 0.05) is 34.0 Å². The summed E-state index contributed by atoms with van der Waals surface area (Å²) in [5.41, 5.74) is 12.8. The lowest BCUT2D eigenvalue weighted by atomic mass is 9.97. The Balaban J connectivity index is 1.39. The van der Waals surface area contributed by atoms with Gasteiger partial charge in [-0.05, 0) is 122 Å². The van der Waals surface area contributed by atoms with E-state index in [1.807, 2.05) is 0 Å². The zero-order valence-corrected chi connectivity index (χ0v) is 24.2. The van der Waals surface area contributed by atoms with Crippen molar-refractivity contribution in [2.45, 2.75) is 52.5 Å². The monoisotopic (exact) mass is 522 g/mol. The first-order valence-corrected chi connectivity index (χ1v) is 14.4. The molecule has 0 fully saturated rings. The second-order valence-electron chi connectivity index (χ2n) is 12.1. The quantitative estimate of drug-likeness (QED) is 0.215. The Morgan fingerprint density at radius 1 is 0.525 bits per heavy atom. The SMILES string of the molecule is CC(C)c1ccc2c(c1)Cc1cc(N(c3ccccc3)c3ccc(N(c4ccccc4)C(C)(C)C)cc3)ccc1-2. The zero-order chi connectivity index (χ0) is 27.9. The third kappa shape index (κ3) is 4.91. The van der Waals surface area contributed by atoms with E-state index in [1.54, 1.807) is 0 Å². The van der Waals surface area contributed by atoms with Gasteiger partial charge >= 0.3 is 0 Å². The first-order chi connectivity index (χ1) is 19.3. The van der Waals surface area contributed by atoms with E-state index in [0.29, 0.717) is 5.92 Å². The van der Waals surface area contributed by atoms with Gasteiger partial charge in [0.2, 0.25) is 0 Å². The lowest BCUT2D eigenvalue weighted by Crippen LogP contribution is -2.37. The van der Waals surface area contributed by atoms with Gasteiger partial charge in [-0.2, -0.15) is 0 Å². The standard InChI is InChI=1S/C38H38N2/c1-27(2)28-16-22-36-29(24-28)25-30-26-35(21-23-37(30)36)39(31-12-8-6-9-13-31)32-17-19-34(20-18-32)40(38(3,4)5)33-14-10-7-11-15-33/h6-24,26-27H,25H2,1-5H3. The average molecular weight is 523 g/mol. The number of rotatable bonds is 6. The van der Waals surface area contributed by atoms with Gasteiger partial charge in [0.05, 0.1) is 0 Å². The van der Waals surface area contributed by atoms with Crippen molar-refractivity contribution in [3.8, 4) is 11.1 Å². The molecular formula is C38H38N2. The Kier molecular flexibility index (Phi) is 6.72. The van der Waals surface area contributed by atoms with E-state index in [9.17, 15) is 0 Å². The smallest absolute Gasteiger partial charge is 0.0464 e. The van der Waals surface area contributed by atoms with E-state index in [0.717, 1.165) is 17.8 Å². The molecule has 0 spiro atoms. The van der Waals surface area contributed by atoms with Crippen LogP contribution in [0.15, 0.2) is 121 Å². The summed E-state index contributed by atoms with van der Waals surface area (Å²) >= 11 is 0. The molecule has 0 saturated heterocycles. The van der Waals surface area contributed by atoms with Crippen molar-refractivity contribution in [3.05, 3.63) is 138 Å². The summed E-state index contributed by atoms with van der Waals surface area (Å²) in [5, 5.41) is 0. The molecule has 0 unspecified atom stereocenters. The third-order valence-corrected chi connectivity index (χ3v) is 7.88. The van der Waals surface area contributed by atoms with Crippen LogP contribution in [0.25, 0.3) is 11.1 Å². The van der Waals surface area contributed by atoms with Gasteiger partial charge in [0.1, 0.15) is 0 Å². The van der Waals surface area contributed by atoms with Crippen LogP contribution in [0.4, 0.5) is 28.4 Å². The fraction of sp³-hybridized carbons (Fsp3) is 0.211. The van der Waals surface area contributed by atoms with E-state index < -0.39 is 0 Å². The van der Waals surface area contributed by atoms with E-state index in [-0.39, 0.29) is 5.54 Å². The number of para-hydroxylation sites is 2.